The predicted molar refractivity (Wildman–Crippen MR) is 524 cm³/mol. The Labute approximate surface area is 792 Å². The van der Waals surface area contributed by atoms with Gasteiger partial charge in [-0.05, 0) is 192 Å². The van der Waals surface area contributed by atoms with Gasteiger partial charge in [0.15, 0.2) is 6.29 Å². The number of β-amino-alcohol motifs (C(OH)–C–C–N with tert-alkyl or cyclic N) is 2. The number of hydrogen-bond acceptors (Lipinski definition) is 25. The van der Waals surface area contributed by atoms with Crippen molar-refractivity contribution in [1.82, 2.24) is 31.1 Å². The van der Waals surface area contributed by atoms with Crippen molar-refractivity contribution >= 4 is 75.0 Å². The zero-order valence-electron chi connectivity index (χ0n) is 76.3. The molecule has 7 aliphatic rings. The Balaban J connectivity index is 0.000000165. The van der Waals surface area contributed by atoms with Gasteiger partial charge in [0.05, 0.1) is 48.7 Å². The maximum absolute atomic E-state index is 12.7. The first-order valence-electron chi connectivity index (χ1n) is 46.6. The Morgan fingerprint density at radius 2 is 0.977 bits per heavy atom. The van der Waals surface area contributed by atoms with Crippen LogP contribution in [-0.4, -0.2) is 203 Å². The number of nitrogens with one attached hydrogen (secondary N) is 4. The van der Waals surface area contributed by atoms with Crippen LogP contribution in [0.2, 0.25) is 0 Å². The van der Waals surface area contributed by atoms with E-state index >= 15 is 0 Å². The molecule has 8 aromatic carbocycles. The molecule has 8 aromatic rings. The molecule has 10 unspecified atom stereocenters. The van der Waals surface area contributed by atoms with E-state index < -0.39 is 70.7 Å². The molecule has 15 rings (SSSR count). The van der Waals surface area contributed by atoms with Gasteiger partial charge in [-0.15, -0.1) is 47.0 Å². The quantitative estimate of drug-likeness (QED) is 0.00435. The van der Waals surface area contributed by atoms with Gasteiger partial charge in [-0.1, -0.05) is 203 Å². The molecule has 29 heteroatoms. The van der Waals surface area contributed by atoms with Crippen molar-refractivity contribution in [2.75, 3.05) is 75.2 Å². The van der Waals surface area contributed by atoms with E-state index in [0.717, 1.165) is 99.9 Å². The molecular weight excluding hydrogens is 1750 g/mol. The number of epoxide rings is 1. The molecule has 0 spiro atoms. The van der Waals surface area contributed by atoms with E-state index in [1.165, 1.54) is 149 Å². The summed E-state index contributed by atoms with van der Waals surface area (Å²) >= 11 is 6.47. The summed E-state index contributed by atoms with van der Waals surface area (Å²) in [4.78, 5) is 44.3. The van der Waals surface area contributed by atoms with E-state index in [-0.39, 0.29) is 60.2 Å². The number of phenols is 1. The first-order chi connectivity index (χ1) is 63.3. The highest BCUT2D eigenvalue weighted by atomic mass is 32.2. The number of carbonyl (C=O) groups is 2. The number of rotatable bonds is 36. The van der Waals surface area contributed by atoms with Gasteiger partial charge in [-0.25, -0.2) is 9.59 Å². The van der Waals surface area contributed by atoms with E-state index in [9.17, 15) is 53.7 Å². The second kappa shape index (κ2) is 54.8. The summed E-state index contributed by atoms with van der Waals surface area (Å²) in [5, 5.41) is 76.8. The molecule has 0 radical (unpaired) electrons. The fourth-order valence-electron chi connectivity index (χ4n) is 18.3. The number of non-ortho nitro benzene ring substituents is 1. The zero-order chi connectivity index (χ0) is 92.9. The maximum atomic E-state index is 12.7. The molecule has 11 N–H and O–H groups in total. The summed E-state index contributed by atoms with van der Waals surface area (Å²) < 4.78 is 50.8. The third-order valence-corrected chi connectivity index (χ3v) is 31.1. The number of alkyl carbamates (subject to hydrolysis) is 2. The largest absolute Gasteiger partial charge is 0.508 e. The molecule has 4 saturated heterocycles. The average molecular weight is 1890 g/mol. The van der Waals surface area contributed by atoms with Crippen molar-refractivity contribution in [3.8, 4) is 5.75 Å². The number of ether oxygens (including phenoxy) is 4. The molecule has 3 saturated carbocycles. The molecule has 2 amide bonds. The third kappa shape index (κ3) is 36.2. The molecule has 3 aliphatic carbocycles. The second-order valence-corrected chi connectivity index (χ2v) is 41.8. The minimum Gasteiger partial charge on any atom is -0.508 e. The number of thioether (sulfide) groups is 4. The number of hydrogen-bond donors (Lipinski definition) is 10. The number of aromatic hydroxyl groups is 1. The number of carbonyl (C=O) groups excluding carboxylic acids is 2. The molecule has 24 nitrogen and oxygen atoms in total. The van der Waals surface area contributed by atoms with E-state index in [0.29, 0.717) is 42.1 Å². The first kappa shape index (κ1) is 104. The Morgan fingerprint density at radius 3 is 1.45 bits per heavy atom. The van der Waals surface area contributed by atoms with E-state index in [4.69, 9.17) is 28.9 Å². The summed E-state index contributed by atoms with van der Waals surface area (Å²) in [6, 6.07) is 69.1. The minimum absolute atomic E-state index is 0.00181. The number of amides is 2. The van der Waals surface area contributed by atoms with E-state index in [2.05, 4.69) is 88.2 Å². The fraction of sp³-hybridized carbons (Fsp3) is 0.510. The lowest BCUT2D eigenvalue weighted by molar-refractivity contribution is -0.384. The molecule has 7 fully saturated rings. The van der Waals surface area contributed by atoms with Crippen LogP contribution in [0.15, 0.2) is 244 Å². The lowest BCUT2D eigenvalue weighted by atomic mass is 9.73. The summed E-state index contributed by atoms with van der Waals surface area (Å²) in [5.74, 6) is 7.96. The van der Waals surface area contributed by atoms with Crippen LogP contribution in [0, 0.1) is 52.5 Å². The van der Waals surface area contributed by atoms with Gasteiger partial charge in [0.1, 0.15) is 37.4 Å². The number of fused-ring (bicyclic) bond motifs is 3. The SMILES string of the molecule is CS(=O)(=O)OC(COC(O)c1ccc([N+](=O)[O-])cc1)[C@H](CSc1ccccc1)NC(=O)OCc1ccccc1.C[C@@H]1CC2CCCCC2CN1CC(O)[C@@H](N)CSc1ccccc1.C[C@@H]1C[C@@H]2CCCC[C@@H]2CN1.Cc1c(O)cccc1C(O)N[C@@H](CSc1ccccc1)C(O)CN1CC2CCCCC2C[C@H]1C.O=C(N[C@@H](CSc1ccccc1)C1CO1)OCc1ccccc1. The average Bonchev–Trinajstić information content (AvgIpc) is 0.883. The van der Waals surface area contributed by atoms with Gasteiger partial charge in [-0.3, -0.25) is 29.4 Å². The molecule has 131 heavy (non-hydrogen) atoms. The molecule has 19 atom stereocenters. The Bertz CT molecular complexity index is 4740. The monoisotopic (exact) mass is 1890 g/mol. The highest BCUT2D eigenvalue weighted by molar-refractivity contribution is 8.00. The number of aliphatic hydroxyl groups excluding tert-OH is 4. The second-order valence-electron chi connectivity index (χ2n) is 35.9. The summed E-state index contributed by atoms with van der Waals surface area (Å²) in [6.45, 7) is 14.1. The number of nitro groups is 1. The number of benzene rings is 8. The van der Waals surface area contributed by atoms with Crippen LogP contribution in [0.3, 0.4) is 0 Å². The lowest BCUT2D eigenvalue weighted by Crippen LogP contribution is -2.54. The summed E-state index contributed by atoms with van der Waals surface area (Å²) in [5.41, 5.74) is 9.34. The number of piperidine rings is 3. The van der Waals surface area contributed by atoms with Crippen LogP contribution in [0.1, 0.15) is 157 Å². The maximum Gasteiger partial charge on any atom is 0.407 e. The van der Waals surface area contributed by atoms with Crippen molar-refractivity contribution in [2.24, 2.45) is 41.2 Å². The number of phenolic OH excluding ortho intramolecular Hbond substituents is 1. The normalized spacial score (nSPS) is 23.2. The van der Waals surface area contributed by atoms with Gasteiger partial charge in [-0.2, -0.15) is 8.42 Å². The minimum atomic E-state index is -4.01. The van der Waals surface area contributed by atoms with Gasteiger partial charge in [0.2, 0.25) is 0 Å². The van der Waals surface area contributed by atoms with Crippen LogP contribution in [0.4, 0.5) is 15.3 Å². The highest BCUT2D eigenvalue weighted by Crippen LogP contribution is 2.42. The van der Waals surface area contributed by atoms with Crippen molar-refractivity contribution in [3.05, 3.63) is 262 Å². The number of nitrogens with zero attached hydrogens (tertiary/aromatic N) is 3. The Morgan fingerprint density at radius 1 is 0.550 bits per heavy atom. The third-order valence-electron chi connectivity index (χ3n) is 26.0. The summed E-state index contributed by atoms with van der Waals surface area (Å²) in [6.07, 6.45) is 15.8. The van der Waals surface area contributed by atoms with Crippen molar-refractivity contribution in [2.45, 2.75) is 236 Å². The lowest BCUT2D eigenvalue weighted by Gasteiger charge is -2.46. The smallest absolute Gasteiger partial charge is 0.407 e. The van der Waals surface area contributed by atoms with Gasteiger partial charge in [0.25, 0.3) is 15.8 Å². The van der Waals surface area contributed by atoms with Crippen molar-refractivity contribution < 1.29 is 71.6 Å². The topological polar surface area (TPSA) is 343 Å². The van der Waals surface area contributed by atoms with E-state index in [1.54, 1.807) is 78.6 Å². The molecule has 4 heterocycles. The molecular formula is C102H138N8O16S5. The van der Waals surface area contributed by atoms with Gasteiger partial charge >= 0.3 is 12.2 Å². The fourth-order valence-corrected chi connectivity index (χ4v) is 23.0. The van der Waals surface area contributed by atoms with Crippen LogP contribution in [-0.2, 0) is 46.5 Å². The standard InChI is InChI=1S/C28H40N2O3S.C26H28N2O9S2.C20H32N2OS.C18H19NO3S.C10H19N/c1-19-15-21-9-6-7-10-22(21)16-30(19)17-27(32)25(18-34-23-11-4-3-5-12-23)29-28(33)24-13-8-14-26(31)20(24)2;1-39(33,34)37-24(17-35-25(29)20-12-14-21(15-13-20)28(31)32)23(18-38-22-10-6-3-7-11-22)27-26(30)36-16-19-8-4-2-5-9-19;1-15-11-16-7-5-6-8-17(16)12-22(15)13-20(23)19(21)14-24-18-9-3-2-4-10-18;20-18(22-11-14-7-3-1-4-8-14)19-16(17-12-21-17)13-23-15-9-5-2-6-10-15;1-8-6-9-4-2-3-5-10(9)7-11-8/h3-5,8,11-14,19,21-22,25,27-29,31-33H,6-7,9-10,15-18H2,1-2H3;2-15,23-25,29H,16-18H2,1H3,(H,27,30);2-4,9-10,15-17,19-20,23H,5-8,11-14,21H2,1H3;1-10,16-17H,11-13H2,(H,19,20);8-11H,2-7H2,1H3/t19-,21?,22?,25+,27?,28?;23-,24?,25?;15-,16?,17?,19+,20?;16-,17?;8-,9+,10-/m10101/s1. The molecule has 0 bridgehead atoms. The van der Waals surface area contributed by atoms with Gasteiger partial charge in [0, 0.05) is 122 Å². The van der Waals surface area contributed by atoms with Crippen LogP contribution < -0.4 is 27.0 Å². The Hall–Kier alpha value is -7.63. The number of nitrogens with two attached hydrogens (primary N) is 1. The summed E-state index contributed by atoms with van der Waals surface area (Å²) in [7, 11) is -4.01. The zero-order valence-corrected chi connectivity index (χ0v) is 80.4. The van der Waals surface area contributed by atoms with Crippen LogP contribution in [0.25, 0.3) is 0 Å². The van der Waals surface area contributed by atoms with Crippen molar-refractivity contribution in [3.63, 3.8) is 0 Å². The molecule has 4 aliphatic heterocycles. The van der Waals surface area contributed by atoms with Crippen LogP contribution in [0.5, 0.6) is 5.75 Å². The first-order valence-corrected chi connectivity index (χ1v) is 52.3. The number of nitro benzene ring substituents is 1. The van der Waals surface area contributed by atoms with Crippen LogP contribution >= 0.6 is 47.0 Å². The van der Waals surface area contributed by atoms with Gasteiger partial charge < -0.3 is 66.2 Å². The molecule has 712 valence electrons. The molecule has 0 aromatic heterocycles. The predicted octanol–water partition coefficient (Wildman–Crippen LogP) is 17.8. The number of likely N-dealkylation sites (tertiary alicyclic amines) is 2. The number of aliphatic hydroxyl groups is 4. The highest BCUT2D eigenvalue weighted by Gasteiger charge is 2.40. The van der Waals surface area contributed by atoms with E-state index in [1.807, 2.05) is 127 Å². The van der Waals surface area contributed by atoms with Crippen molar-refractivity contribution in [1.29, 1.82) is 0 Å². The Kier molecular flexibility index (Phi) is 43.4.